The minimum atomic E-state index is -0.209. The molecule has 30 heavy (non-hydrogen) atoms. The third-order valence-corrected chi connectivity index (χ3v) is 4.57. The van der Waals surface area contributed by atoms with Crippen LogP contribution in [0.4, 0.5) is 22.9 Å². The van der Waals surface area contributed by atoms with Gasteiger partial charge in [0.1, 0.15) is 12.1 Å². The third kappa shape index (κ3) is 4.41. The molecule has 0 bridgehead atoms. The van der Waals surface area contributed by atoms with E-state index in [1.54, 1.807) is 42.9 Å². The molecule has 1 amide bonds. The Morgan fingerprint density at radius 3 is 2.47 bits per heavy atom. The molecule has 2 heterocycles. The second-order valence-electron chi connectivity index (χ2n) is 6.60. The number of nitrogens with one attached hydrogen (secondary N) is 1. The predicted octanol–water partition coefficient (Wildman–Crippen LogP) is 4.04. The van der Waals surface area contributed by atoms with E-state index in [9.17, 15) is 4.79 Å². The molecule has 0 unspecified atom stereocenters. The summed E-state index contributed by atoms with van der Waals surface area (Å²) < 4.78 is 0. The highest BCUT2D eigenvalue weighted by molar-refractivity contribution is 6.05. The molecule has 0 atom stereocenters. The summed E-state index contributed by atoms with van der Waals surface area (Å²) in [6.07, 6.45) is 6.73. The molecule has 0 aliphatic carbocycles. The first-order valence-corrected chi connectivity index (χ1v) is 9.39. The van der Waals surface area contributed by atoms with Gasteiger partial charge in [-0.3, -0.25) is 9.78 Å². The minimum absolute atomic E-state index is 0.209. The molecule has 3 N–H and O–H groups in total. The lowest BCUT2D eigenvalue weighted by molar-refractivity contribution is 0.102. The SMILES string of the molecule is Nc1ccccc1NC(=O)c1ccc(CN(c2cccnc2)c2ccncn2)cc1. The number of nitrogens with two attached hydrogens (primary N) is 1. The molecule has 2 aromatic carbocycles. The summed E-state index contributed by atoms with van der Waals surface area (Å²) in [7, 11) is 0. The molecular formula is C23H20N6O. The van der Waals surface area contributed by atoms with Crippen LogP contribution in [0, 0.1) is 0 Å². The molecule has 0 fully saturated rings. The summed E-state index contributed by atoms with van der Waals surface area (Å²) in [5.41, 5.74) is 9.51. The fourth-order valence-corrected chi connectivity index (χ4v) is 3.01. The van der Waals surface area contributed by atoms with Gasteiger partial charge in [-0.25, -0.2) is 9.97 Å². The lowest BCUT2D eigenvalue weighted by Gasteiger charge is -2.23. The standard InChI is InChI=1S/C23H20N6O/c24-20-5-1-2-6-21(20)28-23(30)18-9-7-17(8-10-18)15-29(19-4-3-12-25-14-19)22-11-13-26-16-27-22/h1-14,16H,15,24H2,(H,28,30). The van der Waals surface area contributed by atoms with Crippen molar-refractivity contribution in [2.24, 2.45) is 0 Å². The number of nitrogen functional groups attached to an aromatic ring is 1. The zero-order valence-corrected chi connectivity index (χ0v) is 16.1. The van der Waals surface area contributed by atoms with Crippen LogP contribution in [0.3, 0.4) is 0 Å². The van der Waals surface area contributed by atoms with Gasteiger partial charge in [0.15, 0.2) is 0 Å². The fourth-order valence-electron chi connectivity index (χ4n) is 3.01. The van der Waals surface area contributed by atoms with Crippen LogP contribution in [0.25, 0.3) is 0 Å². The highest BCUT2D eigenvalue weighted by Gasteiger charge is 2.13. The number of benzene rings is 2. The van der Waals surface area contributed by atoms with E-state index < -0.39 is 0 Å². The zero-order chi connectivity index (χ0) is 20.8. The van der Waals surface area contributed by atoms with E-state index in [-0.39, 0.29) is 5.91 Å². The number of pyridine rings is 1. The Morgan fingerprint density at radius 2 is 1.77 bits per heavy atom. The number of aromatic nitrogens is 3. The number of carbonyl (C=O) groups excluding carboxylic acids is 1. The number of carbonyl (C=O) groups is 1. The lowest BCUT2D eigenvalue weighted by atomic mass is 10.1. The molecule has 148 valence electrons. The van der Waals surface area contributed by atoms with Crippen molar-refractivity contribution in [3.8, 4) is 0 Å². The van der Waals surface area contributed by atoms with Gasteiger partial charge in [-0.15, -0.1) is 0 Å². The van der Waals surface area contributed by atoms with E-state index in [4.69, 9.17) is 5.73 Å². The van der Waals surface area contributed by atoms with Gasteiger partial charge >= 0.3 is 0 Å². The minimum Gasteiger partial charge on any atom is -0.397 e. The number of anilines is 4. The first-order chi connectivity index (χ1) is 14.7. The number of hydrogen-bond acceptors (Lipinski definition) is 6. The monoisotopic (exact) mass is 396 g/mol. The van der Waals surface area contributed by atoms with Crippen LogP contribution in [0.5, 0.6) is 0 Å². The summed E-state index contributed by atoms with van der Waals surface area (Å²) in [4.78, 5) is 27.1. The molecule has 0 saturated carbocycles. The highest BCUT2D eigenvalue weighted by Crippen LogP contribution is 2.25. The van der Waals surface area contributed by atoms with Crippen LogP contribution in [0.1, 0.15) is 15.9 Å². The number of nitrogens with zero attached hydrogens (tertiary/aromatic N) is 4. The molecule has 0 aliphatic rings. The van der Waals surface area contributed by atoms with Crippen LogP contribution < -0.4 is 16.0 Å². The molecule has 4 aromatic rings. The van der Waals surface area contributed by atoms with Crippen molar-refractivity contribution < 1.29 is 4.79 Å². The Labute approximate surface area is 174 Å². The molecule has 7 heteroatoms. The molecule has 7 nitrogen and oxygen atoms in total. The third-order valence-electron chi connectivity index (χ3n) is 4.57. The number of amides is 1. The quantitative estimate of drug-likeness (QED) is 0.477. The van der Waals surface area contributed by atoms with E-state index in [1.165, 1.54) is 6.33 Å². The van der Waals surface area contributed by atoms with Crippen LogP contribution in [-0.2, 0) is 6.54 Å². The maximum atomic E-state index is 12.5. The van der Waals surface area contributed by atoms with Crippen molar-refractivity contribution in [2.45, 2.75) is 6.54 Å². The Bertz CT molecular complexity index is 1080. The van der Waals surface area contributed by atoms with Gasteiger partial charge in [-0.05, 0) is 48.0 Å². The second-order valence-corrected chi connectivity index (χ2v) is 6.60. The number of para-hydroxylation sites is 2. The summed E-state index contributed by atoms with van der Waals surface area (Å²) in [6, 6.07) is 20.3. The Kier molecular flexibility index (Phi) is 5.61. The highest BCUT2D eigenvalue weighted by atomic mass is 16.1. The van der Waals surface area contributed by atoms with Crippen LogP contribution >= 0.6 is 0 Å². The summed E-state index contributed by atoms with van der Waals surface area (Å²) in [5.74, 6) is 0.554. The van der Waals surface area contributed by atoms with Gasteiger partial charge in [0, 0.05) is 24.5 Å². The van der Waals surface area contributed by atoms with Crippen molar-refractivity contribution in [1.29, 1.82) is 0 Å². The Morgan fingerprint density at radius 1 is 0.933 bits per heavy atom. The summed E-state index contributed by atoms with van der Waals surface area (Å²) in [6.45, 7) is 0.566. The van der Waals surface area contributed by atoms with Crippen molar-refractivity contribution in [3.05, 3.63) is 103 Å². The number of rotatable bonds is 6. The summed E-state index contributed by atoms with van der Waals surface area (Å²) in [5, 5.41) is 2.84. The van der Waals surface area contributed by atoms with Crippen LogP contribution in [-0.4, -0.2) is 20.9 Å². The molecular weight excluding hydrogens is 376 g/mol. The van der Waals surface area contributed by atoms with E-state index >= 15 is 0 Å². The maximum absolute atomic E-state index is 12.5. The van der Waals surface area contributed by atoms with E-state index in [2.05, 4.69) is 20.3 Å². The topological polar surface area (TPSA) is 97.0 Å². The normalized spacial score (nSPS) is 10.4. The first-order valence-electron chi connectivity index (χ1n) is 9.39. The average Bonchev–Trinajstić information content (AvgIpc) is 2.80. The van der Waals surface area contributed by atoms with Gasteiger partial charge in [0.2, 0.25) is 0 Å². The average molecular weight is 396 g/mol. The van der Waals surface area contributed by atoms with Crippen molar-refractivity contribution in [2.75, 3.05) is 16.0 Å². The molecule has 2 aromatic heterocycles. The smallest absolute Gasteiger partial charge is 0.255 e. The van der Waals surface area contributed by atoms with Gasteiger partial charge < -0.3 is 16.0 Å². The predicted molar refractivity (Wildman–Crippen MR) is 117 cm³/mol. The van der Waals surface area contributed by atoms with E-state index in [0.29, 0.717) is 23.5 Å². The maximum Gasteiger partial charge on any atom is 0.255 e. The first kappa shape index (κ1) is 19.1. The fraction of sp³-hybridized carbons (Fsp3) is 0.0435. The zero-order valence-electron chi connectivity index (χ0n) is 16.1. The van der Waals surface area contributed by atoms with Gasteiger partial charge in [0.25, 0.3) is 5.91 Å². The van der Waals surface area contributed by atoms with Gasteiger partial charge in [-0.2, -0.15) is 0 Å². The molecule has 0 spiro atoms. The lowest BCUT2D eigenvalue weighted by Crippen LogP contribution is -2.18. The Balaban J connectivity index is 1.53. The van der Waals surface area contributed by atoms with Crippen molar-refractivity contribution >= 4 is 28.8 Å². The summed E-state index contributed by atoms with van der Waals surface area (Å²) >= 11 is 0. The Hall–Kier alpha value is -4.26. The van der Waals surface area contributed by atoms with E-state index in [1.807, 2.05) is 47.4 Å². The largest absolute Gasteiger partial charge is 0.397 e. The van der Waals surface area contributed by atoms with Gasteiger partial charge in [0.05, 0.1) is 23.3 Å². The second kappa shape index (κ2) is 8.83. The van der Waals surface area contributed by atoms with Crippen molar-refractivity contribution in [3.63, 3.8) is 0 Å². The molecule has 0 aliphatic heterocycles. The van der Waals surface area contributed by atoms with E-state index in [0.717, 1.165) is 17.1 Å². The van der Waals surface area contributed by atoms with Crippen LogP contribution in [0.2, 0.25) is 0 Å². The molecule has 4 rings (SSSR count). The van der Waals surface area contributed by atoms with Crippen molar-refractivity contribution in [1.82, 2.24) is 15.0 Å². The van der Waals surface area contributed by atoms with Crippen LogP contribution in [0.15, 0.2) is 91.6 Å². The van der Waals surface area contributed by atoms with Gasteiger partial charge in [-0.1, -0.05) is 24.3 Å². The number of hydrogen-bond donors (Lipinski definition) is 2. The molecule has 0 radical (unpaired) electrons. The molecule has 0 saturated heterocycles.